The number of benzene rings is 12. The van der Waals surface area contributed by atoms with Crippen LogP contribution in [-0.4, -0.2) is 44.3 Å². The van der Waals surface area contributed by atoms with Crippen molar-refractivity contribution in [1.82, 2.24) is 0 Å². The minimum absolute atomic E-state index is 0. The van der Waals surface area contributed by atoms with E-state index >= 15 is 0 Å². The van der Waals surface area contributed by atoms with Gasteiger partial charge in [0, 0.05) is 39.0 Å². The Hall–Kier alpha value is -10.2. The minimum Gasteiger partial charge on any atom is -0.480 e. The van der Waals surface area contributed by atoms with Crippen molar-refractivity contribution in [2.75, 3.05) is 0 Å². The molecule has 8 nitrogen and oxygen atoms in total. The molecule has 0 saturated carbocycles. The zero-order valence-corrected chi connectivity index (χ0v) is 52.0. The first-order valence-electron chi connectivity index (χ1n) is 28.6. The molecule has 0 saturated heterocycles. The second-order valence-corrected chi connectivity index (χ2v) is 20.6. The van der Waals surface area contributed by atoms with Crippen LogP contribution in [0.15, 0.2) is 364 Å². The molecule has 12 aromatic carbocycles. The first-order valence-corrected chi connectivity index (χ1v) is 28.6. The zero-order valence-electron chi connectivity index (χ0n) is 48.7. The molecule has 90 heavy (non-hydrogen) atoms. The van der Waals surface area contributed by atoms with Gasteiger partial charge in [0.1, 0.15) is 21.7 Å². The average molecular weight is 1360 g/mol. The van der Waals surface area contributed by atoms with E-state index < -0.39 is 45.5 Å². The molecule has 450 valence electrons. The number of carbonyl (C=O) groups is 4. The molecule has 10 heteroatoms. The van der Waals surface area contributed by atoms with Crippen molar-refractivity contribution in [3.63, 3.8) is 0 Å². The van der Waals surface area contributed by atoms with Gasteiger partial charge in [-0.05, 0) is 66.8 Å². The maximum absolute atomic E-state index is 12.4. The van der Waals surface area contributed by atoms with Gasteiger partial charge >= 0.3 is 23.9 Å². The third-order valence-corrected chi connectivity index (χ3v) is 15.8. The Morgan fingerprint density at radius 3 is 0.278 bits per heavy atom. The molecule has 0 atom stereocenters. The van der Waals surface area contributed by atoms with Crippen molar-refractivity contribution in [2.45, 2.75) is 21.7 Å². The van der Waals surface area contributed by atoms with E-state index in [2.05, 4.69) is 0 Å². The Morgan fingerprint density at radius 2 is 0.222 bits per heavy atom. The van der Waals surface area contributed by atoms with Gasteiger partial charge in [0.2, 0.25) is 0 Å². The van der Waals surface area contributed by atoms with Gasteiger partial charge in [-0.2, -0.15) is 0 Å². The fourth-order valence-electron chi connectivity index (χ4n) is 11.7. The van der Waals surface area contributed by atoms with Gasteiger partial charge in [-0.15, -0.1) is 0 Å². The van der Waals surface area contributed by atoms with Crippen LogP contribution in [0.5, 0.6) is 0 Å². The third-order valence-electron chi connectivity index (χ3n) is 15.8. The van der Waals surface area contributed by atoms with E-state index in [1.54, 1.807) is 0 Å². The number of carboxylic acid groups (broad SMARTS) is 4. The van der Waals surface area contributed by atoms with Crippen LogP contribution in [0.1, 0.15) is 66.8 Å². The van der Waals surface area contributed by atoms with Crippen LogP contribution in [0.3, 0.4) is 0 Å². The summed E-state index contributed by atoms with van der Waals surface area (Å²) in [5.41, 5.74) is 4.18. The Morgan fingerprint density at radius 1 is 0.156 bits per heavy atom. The van der Waals surface area contributed by atoms with Crippen LogP contribution in [0.2, 0.25) is 0 Å². The normalized spacial score (nSPS) is 10.8. The molecule has 0 unspecified atom stereocenters. The van der Waals surface area contributed by atoms with E-state index in [0.29, 0.717) is 0 Å². The summed E-state index contributed by atoms with van der Waals surface area (Å²) in [5, 5.41) is 40.7. The first kappa shape index (κ1) is 67.3. The van der Waals surface area contributed by atoms with Gasteiger partial charge in [0.15, 0.2) is 0 Å². The topological polar surface area (TPSA) is 149 Å². The van der Waals surface area contributed by atoms with Gasteiger partial charge in [-0.1, -0.05) is 364 Å². The first-order chi connectivity index (χ1) is 43.0. The number of hydrogen-bond acceptors (Lipinski definition) is 4. The maximum atomic E-state index is 12.4. The van der Waals surface area contributed by atoms with Crippen LogP contribution >= 0.6 is 0 Å². The van der Waals surface area contributed by atoms with Crippen molar-refractivity contribution >= 4 is 23.9 Å². The van der Waals surface area contributed by atoms with Crippen LogP contribution in [0, 0.1) is 0 Å². The molecule has 0 aliphatic rings. The number of hydrogen-bond donors (Lipinski definition) is 4. The molecule has 0 fully saturated rings. The summed E-state index contributed by atoms with van der Waals surface area (Å²) in [5.74, 6) is -3.51. The van der Waals surface area contributed by atoms with E-state index in [9.17, 15) is 39.6 Å². The number of aliphatic carboxylic acids is 4. The van der Waals surface area contributed by atoms with E-state index in [1.165, 1.54) is 0 Å². The monoisotopic (exact) mass is 1360 g/mol. The second-order valence-electron chi connectivity index (χ2n) is 20.6. The molecule has 0 aromatic heterocycles. The molecular formula is C80H64O8Rh2. The van der Waals surface area contributed by atoms with E-state index in [4.69, 9.17) is 0 Å². The molecule has 0 aliphatic carbocycles. The van der Waals surface area contributed by atoms with Crippen LogP contribution in [-0.2, 0) is 79.8 Å². The van der Waals surface area contributed by atoms with Gasteiger partial charge in [0.05, 0.1) is 0 Å². The summed E-state index contributed by atoms with van der Waals surface area (Å²) in [6, 6.07) is 113. The SMILES string of the molecule is O=C(O)C(c1ccccc1)(c1ccccc1)c1ccccc1.O=C(O)C(c1ccccc1)(c1ccccc1)c1ccccc1.O=C(O)C(c1ccccc1)(c1ccccc1)c1ccccc1.O=C(O)C(c1ccccc1)(c1ccccc1)c1ccccc1.[Rh].[Rh]. The van der Waals surface area contributed by atoms with Gasteiger partial charge in [-0.3, -0.25) is 19.2 Å². The van der Waals surface area contributed by atoms with Gasteiger partial charge < -0.3 is 20.4 Å². The molecular weight excluding hydrogens is 1290 g/mol. The largest absolute Gasteiger partial charge is 0.480 e. The van der Waals surface area contributed by atoms with E-state index in [0.717, 1.165) is 66.8 Å². The summed E-state index contributed by atoms with van der Waals surface area (Å²) in [6.45, 7) is 0. The smallest absolute Gasteiger partial charge is 0.323 e. The summed E-state index contributed by atoms with van der Waals surface area (Å²) in [6.07, 6.45) is 0. The third kappa shape index (κ3) is 13.9. The van der Waals surface area contributed by atoms with Crippen molar-refractivity contribution < 1.29 is 78.6 Å². The van der Waals surface area contributed by atoms with Gasteiger partial charge in [-0.25, -0.2) is 0 Å². The zero-order chi connectivity index (χ0) is 61.7. The van der Waals surface area contributed by atoms with Crippen LogP contribution in [0.4, 0.5) is 0 Å². The summed E-state index contributed by atoms with van der Waals surface area (Å²) < 4.78 is 0. The molecule has 0 bridgehead atoms. The maximum Gasteiger partial charge on any atom is 0.323 e. The van der Waals surface area contributed by atoms with E-state index in [-0.39, 0.29) is 39.0 Å². The van der Waals surface area contributed by atoms with Crippen molar-refractivity contribution in [3.05, 3.63) is 431 Å². The van der Waals surface area contributed by atoms with Crippen molar-refractivity contribution in [2.24, 2.45) is 0 Å². The number of carboxylic acids is 4. The second kappa shape index (κ2) is 32.1. The summed E-state index contributed by atoms with van der Waals surface area (Å²) in [7, 11) is 0. The predicted molar refractivity (Wildman–Crippen MR) is 347 cm³/mol. The van der Waals surface area contributed by atoms with E-state index in [1.807, 2.05) is 364 Å². The fourth-order valence-corrected chi connectivity index (χ4v) is 11.7. The molecule has 0 spiro atoms. The molecule has 0 heterocycles. The van der Waals surface area contributed by atoms with Gasteiger partial charge in [0.25, 0.3) is 0 Å². The van der Waals surface area contributed by atoms with Crippen molar-refractivity contribution in [3.8, 4) is 0 Å². The number of rotatable bonds is 16. The average Bonchev–Trinajstić information content (AvgIpc) is 1.84. The van der Waals surface area contributed by atoms with Crippen molar-refractivity contribution in [1.29, 1.82) is 0 Å². The van der Waals surface area contributed by atoms with Crippen LogP contribution in [0.25, 0.3) is 0 Å². The predicted octanol–water partition coefficient (Wildman–Crippen LogP) is 16.4. The standard InChI is InChI=1S/4C20H16O2.2Rh/c4*21-19(22)20(16-10-4-1-5-11-16,17-12-6-2-7-13-17)18-14-8-3-9-15-18;;/h4*1-15H,(H,21,22);;. The Labute approximate surface area is 551 Å². The molecule has 0 amide bonds. The fraction of sp³-hybridized carbons (Fsp3) is 0.0500. The molecule has 12 rings (SSSR count). The Bertz CT molecular complexity index is 3170. The quantitative estimate of drug-likeness (QED) is 0.0552. The minimum atomic E-state index is -1.20. The summed E-state index contributed by atoms with van der Waals surface area (Å²) >= 11 is 0. The molecule has 0 aliphatic heterocycles. The summed E-state index contributed by atoms with van der Waals surface area (Å²) in [4.78, 5) is 49.7. The Kier molecular flexibility index (Phi) is 24.0. The molecule has 2 radical (unpaired) electrons. The molecule has 12 aromatic rings. The Balaban J connectivity index is 0.000000169. The molecule has 4 N–H and O–H groups in total. The van der Waals surface area contributed by atoms with Crippen LogP contribution < -0.4 is 0 Å².